The number of nitrogens with zero attached hydrogens (tertiary/aromatic N) is 1. The first-order valence-corrected chi connectivity index (χ1v) is 4.70. The highest BCUT2D eigenvalue weighted by atomic mass is 79.9. The van der Waals surface area contributed by atoms with Crippen LogP contribution in [0.5, 0.6) is 0 Å². The zero-order chi connectivity index (χ0) is 9.14. The predicted octanol–water partition coefficient (Wildman–Crippen LogP) is 1.44. The molecule has 0 aliphatic carbocycles. The Morgan fingerprint density at radius 2 is 2.42 bits per heavy atom. The summed E-state index contributed by atoms with van der Waals surface area (Å²) in [4.78, 5) is 12.6. The summed E-state index contributed by atoms with van der Waals surface area (Å²) in [6.07, 6.45) is 1.73. The van der Waals surface area contributed by atoms with Crippen LogP contribution < -0.4 is 0 Å². The maximum atomic E-state index is 10.7. The Hall–Kier alpha value is -0.350. The smallest absolute Gasteiger partial charge is 0.320 e. The molecule has 1 aliphatic rings. The molecule has 1 rings (SSSR count). The molecule has 0 amide bonds. The normalized spacial score (nSPS) is 24.2. The number of hydrogen-bond donors (Lipinski definition) is 1. The minimum absolute atomic E-state index is 0.306. The average molecular weight is 234 g/mol. The Kier molecular flexibility index (Phi) is 3.29. The molecule has 1 atom stereocenters. The van der Waals surface area contributed by atoms with Crippen molar-refractivity contribution in [3.05, 3.63) is 11.1 Å². The number of carbonyl (C=O) groups is 1. The molecule has 0 aromatic heterocycles. The van der Waals surface area contributed by atoms with E-state index >= 15 is 0 Å². The zero-order valence-electron chi connectivity index (χ0n) is 6.79. The summed E-state index contributed by atoms with van der Waals surface area (Å²) in [7, 11) is 0. The second-order valence-corrected chi connectivity index (χ2v) is 4.11. The molecular weight excluding hydrogens is 222 g/mol. The van der Waals surface area contributed by atoms with Crippen molar-refractivity contribution in [1.29, 1.82) is 0 Å². The monoisotopic (exact) mass is 233 g/mol. The lowest BCUT2D eigenvalue weighted by atomic mass is 10.2. The largest absolute Gasteiger partial charge is 0.480 e. The van der Waals surface area contributed by atoms with Crippen LogP contribution >= 0.6 is 15.9 Å². The van der Waals surface area contributed by atoms with Gasteiger partial charge in [0.25, 0.3) is 0 Å². The van der Waals surface area contributed by atoms with Gasteiger partial charge in [0.1, 0.15) is 6.04 Å². The van der Waals surface area contributed by atoms with Gasteiger partial charge in [-0.2, -0.15) is 0 Å². The molecule has 68 valence electrons. The van der Waals surface area contributed by atoms with Gasteiger partial charge in [0.2, 0.25) is 0 Å². The number of halogens is 1. The first-order chi connectivity index (χ1) is 5.61. The quantitative estimate of drug-likeness (QED) is 0.803. The Bertz CT molecular complexity index is 205. The highest BCUT2D eigenvalue weighted by Gasteiger charge is 2.29. The summed E-state index contributed by atoms with van der Waals surface area (Å²) < 4.78 is 0.843. The van der Waals surface area contributed by atoms with Gasteiger partial charge in [-0.1, -0.05) is 22.5 Å². The minimum Gasteiger partial charge on any atom is -0.480 e. The van der Waals surface area contributed by atoms with Gasteiger partial charge in [0.15, 0.2) is 0 Å². The second kappa shape index (κ2) is 4.05. The van der Waals surface area contributed by atoms with E-state index < -0.39 is 5.97 Å². The highest BCUT2D eigenvalue weighted by Crippen LogP contribution is 2.19. The van der Waals surface area contributed by atoms with E-state index in [0.717, 1.165) is 23.9 Å². The molecule has 3 nitrogen and oxygen atoms in total. The molecule has 0 aromatic rings. The number of carboxylic acid groups (broad SMARTS) is 1. The molecule has 1 N–H and O–H groups in total. The van der Waals surface area contributed by atoms with Gasteiger partial charge < -0.3 is 5.11 Å². The lowest BCUT2D eigenvalue weighted by Gasteiger charge is -2.19. The number of likely N-dealkylation sites (tertiary alicyclic amines) is 1. The summed E-state index contributed by atoms with van der Waals surface area (Å²) in [6.45, 7) is 5.19. The Morgan fingerprint density at radius 1 is 1.75 bits per heavy atom. The van der Waals surface area contributed by atoms with Gasteiger partial charge in [-0.25, -0.2) is 0 Å². The number of aliphatic carboxylic acids is 1. The van der Waals surface area contributed by atoms with Crippen molar-refractivity contribution in [1.82, 2.24) is 4.90 Å². The Morgan fingerprint density at radius 3 is 2.92 bits per heavy atom. The predicted molar refractivity (Wildman–Crippen MR) is 50.3 cm³/mol. The van der Waals surface area contributed by atoms with Crippen LogP contribution in [0, 0.1) is 0 Å². The molecule has 0 spiro atoms. The molecule has 0 aromatic carbocycles. The van der Waals surface area contributed by atoms with Crippen LogP contribution in [0.4, 0.5) is 0 Å². The molecule has 1 heterocycles. The summed E-state index contributed by atoms with van der Waals surface area (Å²) in [5.74, 6) is -0.721. The van der Waals surface area contributed by atoms with E-state index in [-0.39, 0.29) is 6.04 Å². The van der Waals surface area contributed by atoms with Gasteiger partial charge in [0, 0.05) is 11.0 Å². The van der Waals surface area contributed by atoms with Crippen LogP contribution in [0.25, 0.3) is 0 Å². The van der Waals surface area contributed by atoms with Crippen molar-refractivity contribution < 1.29 is 9.90 Å². The zero-order valence-corrected chi connectivity index (χ0v) is 8.38. The van der Waals surface area contributed by atoms with Crippen LogP contribution in [0.1, 0.15) is 12.8 Å². The van der Waals surface area contributed by atoms with Gasteiger partial charge >= 0.3 is 5.97 Å². The molecular formula is C8H12BrNO2. The summed E-state index contributed by atoms with van der Waals surface area (Å²) in [5.41, 5.74) is 0. The van der Waals surface area contributed by atoms with E-state index in [1.807, 2.05) is 4.90 Å². The molecule has 1 unspecified atom stereocenters. The topological polar surface area (TPSA) is 40.5 Å². The molecule has 4 heteroatoms. The SMILES string of the molecule is C=C(Br)CN1CCCC1C(=O)O. The van der Waals surface area contributed by atoms with E-state index in [9.17, 15) is 4.79 Å². The molecule has 1 saturated heterocycles. The van der Waals surface area contributed by atoms with Crippen LogP contribution in [-0.4, -0.2) is 35.1 Å². The number of hydrogen-bond acceptors (Lipinski definition) is 2. The third-order valence-corrected chi connectivity index (χ3v) is 2.27. The van der Waals surface area contributed by atoms with E-state index in [2.05, 4.69) is 22.5 Å². The van der Waals surface area contributed by atoms with Crippen LogP contribution in [0.3, 0.4) is 0 Å². The van der Waals surface area contributed by atoms with Gasteiger partial charge in [-0.05, 0) is 19.4 Å². The van der Waals surface area contributed by atoms with Crippen LogP contribution in [-0.2, 0) is 4.79 Å². The van der Waals surface area contributed by atoms with Gasteiger partial charge in [0.05, 0.1) is 0 Å². The molecule has 1 fully saturated rings. The highest BCUT2D eigenvalue weighted by molar-refractivity contribution is 9.11. The molecule has 0 radical (unpaired) electrons. The lowest BCUT2D eigenvalue weighted by molar-refractivity contribution is -0.141. The Labute approximate surface area is 80.2 Å². The lowest BCUT2D eigenvalue weighted by Crippen LogP contribution is -2.36. The third-order valence-electron chi connectivity index (χ3n) is 2.02. The van der Waals surface area contributed by atoms with E-state index in [0.29, 0.717) is 6.54 Å². The minimum atomic E-state index is -0.721. The first kappa shape index (κ1) is 9.74. The molecule has 0 saturated carbocycles. The van der Waals surface area contributed by atoms with Crippen molar-refractivity contribution in [2.75, 3.05) is 13.1 Å². The van der Waals surface area contributed by atoms with Crippen molar-refractivity contribution in [2.45, 2.75) is 18.9 Å². The fourth-order valence-electron chi connectivity index (χ4n) is 1.52. The standard InChI is InChI=1S/C8H12BrNO2/c1-6(9)5-10-4-2-3-7(10)8(11)12/h7H,1-5H2,(H,11,12). The number of rotatable bonds is 3. The average Bonchev–Trinajstić information content (AvgIpc) is 2.33. The van der Waals surface area contributed by atoms with E-state index in [1.165, 1.54) is 0 Å². The van der Waals surface area contributed by atoms with Crippen LogP contribution in [0.2, 0.25) is 0 Å². The van der Waals surface area contributed by atoms with Crippen LogP contribution in [0.15, 0.2) is 11.1 Å². The van der Waals surface area contributed by atoms with Crippen molar-refractivity contribution >= 4 is 21.9 Å². The van der Waals surface area contributed by atoms with Gasteiger partial charge in [-0.3, -0.25) is 9.69 Å². The summed E-state index contributed by atoms with van der Waals surface area (Å²) >= 11 is 3.23. The molecule has 12 heavy (non-hydrogen) atoms. The van der Waals surface area contributed by atoms with Crippen molar-refractivity contribution in [3.8, 4) is 0 Å². The summed E-state index contributed by atoms with van der Waals surface area (Å²) in [5, 5.41) is 8.81. The fourth-order valence-corrected chi connectivity index (χ4v) is 1.84. The first-order valence-electron chi connectivity index (χ1n) is 3.91. The van der Waals surface area contributed by atoms with E-state index in [4.69, 9.17) is 5.11 Å². The maximum absolute atomic E-state index is 10.7. The fraction of sp³-hybridized carbons (Fsp3) is 0.625. The Balaban J connectivity index is 2.52. The number of carboxylic acids is 1. The molecule has 0 bridgehead atoms. The third kappa shape index (κ3) is 2.32. The van der Waals surface area contributed by atoms with Crippen molar-refractivity contribution in [3.63, 3.8) is 0 Å². The summed E-state index contributed by atoms with van der Waals surface area (Å²) in [6, 6.07) is -0.306. The second-order valence-electron chi connectivity index (χ2n) is 2.98. The maximum Gasteiger partial charge on any atom is 0.320 e. The van der Waals surface area contributed by atoms with Gasteiger partial charge in [-0.15, -0.1) is 0 Å². The van der Waals surface area contributed by atoms with E-state index in [1.54, 1.807) is 0 Å². The molecule has 1 aliphatic heterocycles. The van der Waals surface area contributed by atoms with Crippen molar-refractivity contribution in [2.24, 2.45) is 0 Å².